The van der Waals surface area contributed by atoms with Crippen molar-refractivity contribution in [3.63, 3.8) is 0 Å². The molecule has 6 nitrogen and oxygen atoms in total. The van der Waals surface area contributed by atoms with Crippen molar-refractivity contribution in [3.8, 4) is 22.9 Å². The molecule has 2 heterocycles. The Morgan fingerprint density at radius 2 is 2.00 bits per heavy atom. The van der Waals surface area contributed by atoms with E-state index in [-0.39, 0.29) is 12.5 Å². The van der Waals surface area contributed by atoms with E-state index in [1.54, 1.807) is 0 Å². The van der Waals surface area contributed by atoms with Crippen LogP contribution in [0.3, 0.4) is 0 Å². The molecule has 21 heavy (non-hydrogen) atoms. The summed E-state index contributed by atoms with van der Waals surface area (Å²) in [7, 11) is 0. The Kier molecular flexibility index (Phi) is 3.86. The third-order valence-electron chi connectivity index (χ3n) is 3.27. The zero-order valence-corrected chi connectivity index (χ0v) is 13.4. The van der Waals surface area contributed by atoms with E-state index < -0.39 is 0 Å². The minimum Gasteiger partial charge on any atom is -0.486 e. The minimum absolute atomic E-state index is 0.218. The largest absolute Gasteiger partial charge is 0.486 e. The lowest BCUT2D eigenvalue weighted by Crippen LogP contribution is -2.18. The second-order valence-electron chi connectivity index (χ2n) is 5.05. The average Bonchev–Trinajstić information content (AvgIpc) is 2.95. The summed E-state index contributed by atoms with van der Waals surface area (Å²) in [5, 5.41) is 4.01. The normalized spacial score (nSPS) is 13.8. The van der Waals surface area contributed by atoms with Gasteiger partial charge in [-0.1, -0.05) is 19.0 Å². The second-order valence-corrected chi connectivity index (χ2v) is 5.90. The fourth-order valence-electron chi connectivity index (χ4n) is 2.39. The molecule has 0 radical (unpaired) electrons. The molecule has 0 bridgehead atoms. The molecule has 1 aliphatic heterocycles. The number of hydrogen-bond acceptors (Lipinski definition) is 6. The SMILES string of the molecule is CC(C)c1c(-c2noc(CN)n2)cc(Br)c2c1OCCO2. The maximum atomic E-state index is 5.83. The number of benzene rings is 1. The summed E-state index contributed by atoms with van der Waals surface area (Å²) in [5.74, 6) is 2.63. The van der Waals surface area contributed by atoms with Crippen LogP contribution < -0.4 is 15.2 Å². The van der Waals surface area contributed by atoms with Gasteiger partial charge in [-0.15, -0.1) is 0 Å². The first kappa shape index (κ1) is 14.3. The summed E-state index contributed by atoms with van der Waals surface area (Å²) in [6, 6.07) is 1.94. The fraction of sp³-hybridized carbons (Fsp3) is 0.429. The molecule has 0 unspecified atom stereocenters. The van der Waals surface area contributed by atoms with Crippen molar-refractivity contribution in [3.05, 3.63) is 22.0 Å². The molecule has 1 aromatic heterocycles. The van der Waals surface area contributed by atoms with Gasteiger partial charge in [-0.2, -0.15) is 4.98 Å². The van der Waals surface area contributed by atoms with Gasteiger partial charge in [-0.25, -0.2) is 0 Å². The fourth-order valence-corrected chi connectivity index (χ4v) is 2.92. The van der Waals surface area contributed by atoms with Crippen LogP contribution in [0.2, 0.25) is 0 Å². The van der Waals surface area contributed by atoms with Crippen LogP contribution in [-0.2, 0) is 6.54 Å². The number of nitrogens with zero attached hydrogens (tertiary/aromatic N) is 2. The Bertz CT molecular complexity index is 670. The van der Waals surface area contributed by atoms with Crippen molar-refractivity contribution in [2.24, 2.45) is 5.73 Å². The Labute approximate surface area is 130 Å². The lowest BCUT2D eigenvalue weighted by molar-refractivity contribution is 0.168. The zero-order chi connectivity index (χ0) is 15.0. The highest BCUT2D eigenvalue weighted by Crippen LogP contribution is 2.47. The van der Waals surface area contributed by atoms with Gasteiger partial charge >= 0.3 is 0 Å². The van der Waals surface area contributed by atoms with Gasteiger partial charge in [-0.3, -0.25) is 0 Å². The lowest BCUT2D eigenvalue weighted by Gasteiger charge is -2.25. The number of rotatable bonds is 3. The highest BCUT2D eigenvalue weighted by atomic mass is 79.9. The Morgan fingerprint density at radius 1 is 1.29 bits per heavy atom. The van der Waals surface area contributed by atoms with Crippen molar-refractivity contribution >= 4 is 15.9 Å². The molecule has 2 aromatic rings. The van der Waals surface area contributed by atoms with Gasteiger partial charge in [0.1, 0.15) is 13.2 Å². The van der Waals surface area contributed by atoms with Crippen molar-refractivity contribution < 1.29 is 14.0 Å². The Balaban J connectivity index is 2.21. The molecule has 1 aromatic carbocycles. The summed E-state index contributed by atoms with van der Waals surface area (Å²) >= 11 is 3.52. The molecule has 0 atom stereocenters. The monoisotopic (exact) mass is 353 g/mol. The number of nitrogens with two attached hydrogens (primary N) is 1. The standard InChI is InChI=1S/C14H16BrN3O3/c1-7(2)11-8(14-17-10(6-16)21-18-14)5-9(15)12-13(11)20-4-3-19-12/h5,7H,3-4,6,16H2,1-2H3. The molecule has 0 spiro atoms. The predicted octanol–water partition coefficient (Wildman–Crippen LogP) is 2.85. The van der Waals surface area contributed by atoms with E-state index in [0.29, 0.717) is 24.9 Å². The van der Waals surface area contributed by atoms with Crippen LogP contribution in [0, 0.1) is 0 Å². The number of fused-ring (bicyclic) bond motifs is 1. The number of hydrogen-bond donors (Lipinski definition) is 1. The van der Waals surface area contributed by atoms with E-state index in [1.165, 1.54) is 0 Å². The van der Waals surface area contributed by atoms with Crippen LogP contribution in [0.25, 0.3) is 11.4 Å². The van der Waals surface area contributed by atoms with Crippen LogP contribution in [-0.4, -0.2) is 23.4 Å². The third kappa shape index (κ3) is 2.51. The number of aromatic nitrogens is 2. The van der Waals surface area contributed by atoms with Crippen molar-refractivity contribution in [2.45, 2.75) is 26.3 Å². The molecule has 0 amide bonds. The molecule has 0 saturated carbocycles. The van der Waals surface area contributed by atoms with Crippen LogP contribution in [0.4, 0.5) is 0 Å². The van der Waals surface area contributed by atoms with Crippen molar-refractivity contribution in [1.82, 2.24) is 10.1 Å². The quantitative estimate of drug-likeness (QED) is 0.913. The maximum absolute atomic E-state index is 5.83. The Morgan fingerprint density at radius 3 is 2.62 bits per heavy atom. The topological polar surface area (TPSA) is 83.4 Å². The molecule has 3 rings (SSSR count). The average molecular weight is 354 g/mol. The van der Waals surface area contributed by atoms with E-state index >= 15 is 0 Å². The molecule has 0 aliphatic carbocycles. The van der Waals surface area contributed by atoms with Crippen LogP contribution >= 0.6 is 15.9 Å². The predicted molar refractivity (Wildman–Crippen MR) is 80.4 cm³/mol. The van der Waals surface area contributed by atoms with Crippen molar-refractivity contribution in [1.29, 1.82) is 0 Å². The van der Waals surface area contributed by atoms with Crippen LogP contribution in [0.5, 0.6) is 11.5 Å². The lowest BCUT2D eigenvalue weighted by atomic mass is 9.95. The smallest absolute Gasteiger partial charge is 0.240 e. The number of halogens is 1. The first-order valence-electron chi connectivity index (χ1n) is 6.76. The van der Waals surface area contributed by atoms with Gasteiger partial charge in [0.15, 0.2) is 11.5 Å². The molecule has 2 N–H and O–H groups in total. The molecule has 1 aliphatic rings. The zero-order valence-electron chi connectivity index (χ0n) is 11.9. The second kappa shape index (κ2) is 5.65. The molecular weight excluding hydrogens is 338 g/mol. The summed E-state index contributed by atoms with van der Waals surface area (Å²) in [4.78, 5) is 4.31. The van der Waals surface area contributed by atoms with Gasteiger partial charge in [0.25, 0.3) is 0 Å². The van der Waals surface area contributed by atoms with E-state index in [4.69, 9.17) is 19.7 Å². The summed E-state index contributed by atoms with van der Waals surface area (Å²) < 4.78 is 17.5. The molecule has 7 heteroatoms. The van der Waals surface area contributed by atoms with Gasteiger partial charge in [0.05, 0.1) is 11.0 Å². The van der Waals surface area contributed by atoms with Crippen molar-refractivity contribution in [2.75, 3.05) is 13.2 Å². The first-order valence-corrected chi connectivity index (χ1v) is 7.56. The van der Waals surface area contributed by atoms with E-state index in [0.717, 1.165) is 27.1 Å². The van der Waals surface area contributed by atoms with Crippen LogP contribution in [0.1, 0.15) is 31.2 Å². The van der Waals surface area contributed by atoms with E-state index in [2.05, 4.69) is 39.9 Å². The van der Waals surface area contributed by atoms with Gasteiger partial charge in [-0.05, 0) is 27.9 Å². The maximum Gasteiger partial charge on any atom is 0.240 e. The van der Waals surface area contributed by atoms with Gasteiger partial charge in [0.2, 0.25) is 11.7 Å². The summed E-state index contributed by atoms with van der Waals surface area (Å²) in [6.07, 6.45) is 0. The first-order chi connectivity index (χ1) is 10.1. The number of ether oxygens (including phenoxy) is 2. The third-order valence-corrected chi connectivity index (χ3v) is 3.86. The van der Waals surface area contributed by atoms with Gasteiger partial charge in [0, 0.05) is 11.1 Å². The van der Waals surface area contributed by atoms with E-state index in [1.807, 2.05) is 6.07 Å². The molecule has 0 fully saturated rings. The minimum atomic E-state index is 0.218. The molecule has 112 valence electrons. The van der Waals surface area contributed by atoms with Gasteiger partial charge < -0.3 is 19.7 Å². The Hall–Kier alpha value is -1.60. The summed E-state index contributed by atoms with van der Waals surface area (Å²) in [5.41, 5.74) is 7.41. The van der Waals surface area contributed by atoms with Crippen LogP contribution in [0.15, 0.2) is 15.1 Å². The summed E-state index contributed by atoms with van der Waals surface area (Å²) in [6.45, 7) is 5.48. The van der Waals surface area contributed by atoms with E-state index in [9.17, 15) is 0 Å². The molecular formula is C14H16BrN3O3. The highest BCUT2D eigenvalue weighted by Gasteiger charge is 2.26. The molecule has 0 saturated heterocycles. The highest BCUT2D eigenvalue weighted by molar-refractivity contribution is 9.10.